The Balaban J connectivity index is 2.20. The third-order valence-corrected chi connectivity index (χ3v) is 4.87. The van der Waals surface area contributed by atoms with Crippen LogP contribution in [0.2, 0.25) is 0 Å². The number of amides is 1. The molecule has 0 heterocycles. The van der Waals surface area contributed by atoms with Crippen molar-refractivity contribution in [1.82, 2.24) is 0 Å². The summed E-state index contributed by atoms with van der Waals surface area (Å²) in [6.07, 6.45) is 6.01. The number of ether oxygens (including phenoxy) is 2. The van der Waals surface area contributed by atoms with Crippen molar-refractivity contribution >= 4 is 33.6 Å². The Bertz CT molecular complexity index is 905. The molecule has 0 unspecified atom stereocenters. The molecule has 0 spiro atoms. The second-order valence-electron chi connectivity index (χ2n) is 6.66. The number of carbonyl (C=O) groups is 1. The van der Waals surface area contributed by atoms with Crippen LogP contribution in [-0.4, -0.2) is 19.1 Å². The van der Waals surface area contributed by atoms with Crippen molar-refractivity contribution in [2.45, 2.75) is 39.5 Å². The number of nitriles is 1. The fourth-order valence-corrected chi connectivity index (χ4v) is 3.39. The molecule has 0 saturated carbocycles. The Labute approximate surface area is 186 Å². The van der Waals surface area contributed by atoms with Gasteiger partial charge in [-0.15, -0.1) is 0 Å². The predicted octanol–water partition coefficient (Wildman–Crippen LogP) is 6.35. The zero-order valence-electron chi connectivity index (χ0n) is 17.4. The molecule has 0 atom stereocenters. The number of anilines is 1. The third-order valence-electron chi connectivity index (χ3n) is 4.28. The van der Waals surface area contributed by atoms with Crippen molar-refractivity contribution in [2.75, 3.05) is 18.5 Å². The van der Waals surface area contributed by atoms with Crippen LogP contribution in [0.1, 0.15) is 45.1 Å². The molecule has 6 heteroatoms. The highest BCUT2D eigenvalue weighted by Crippen LogP contribution is 2.37. The van der Waals surface area contributed by atoms with Gasteiger partial charge in [0, 0.05) is 5.69 Å². The second kappa shape index (κ2) is 12.7. The van der Waals surface area contributed by atoms with Crippen LogP contribution in [0.4, 0.5) is 5.69 Å². The maximum Gasteiger partial charge on any atom is 0.266 e. The Morgan fingerprint density at radius 3 is 2.57 bits per heavy atom. The van der Waals surface area contributed by atoms with Crippen LogP contribution in [-0.2, 0) is 4.79 Å². The van der Waals surface area contributed by atoms with E-state index in [9.17, 15) is 10.1 Å². The SMILES string of the molecule is CCCCCCOc1c(Br)cc(/C=C(\C#N)C(=O)Nc2ccccc2)cc1OCC. The maximum atomic E-state index is 12.5. The number of nitrogens with one attached hydrogen (secondary N) is 1. The fourth-order valence-electron chi connectivity index (χ4n) is 2.81. The lowest BCUT2D eigenvalue weighted by Crippen LogP contribution is -2.13. The third kappa shape index (κ3) is 7.23. The summed E-state index contributed by atoms with van der Waals surface area (Å²) in [5.41, 5.74) is 1.30. The average Bonchev–Trinajstić information content (AvgIpc) is 2.74. The Morgan fingerprint density at radius 2 is 1.90 bits per heavy atom. The topological polar surface area (TPSA) is 71.3 Å². The molecule has 0 radical (unpaired) electrons. The number of halogens is 1. The summed E-state index contributed by atoms with van der Waals surface area (Å²) in [5.74, 6) is 0.751. The number of benzene rings is 2. The average molecular weight is 471 g/mol. The van der Waals surface area contributed by atoms with Gasteiger partial charge in [-0.3, -0.25) is 4.79 Å². The van der Waals surface area contributed by atoms with E-state index < -0.39 is 5.91 Å². The molecule has 0 saturated heterocycles. The first-order chi connectivity index (χ1) is 14.6. The highest BCUT2D eigenvalue weighted by molar-refractivity contribution is 9.10. The van der Waals surface area contributed by atoms with E-state index in [-0.39, 0.29) is 5.57 Å². The molecule has 0 aliphatic carbocycles. The molecule has 2 aromatic carbocycles. The molecular formula is C24H27BrN2O3. The van der Waals surface area contributed by atoms with Crippen molar-refractivity contribution in [3.63, 3.8) is 0 Å². The first-order valence-corrected chi connectivity index (χ1v) is 11.0. The normalized spacial score (nSPS) is 10.9. The van der Waals surface area contributed by atoms with Crippen LogP contribution in [0.25, 0.3) is 6.08 Å². The summed E-state index contributed by atoms with van der Waals surface area (Å²) in [6, 6.07) is 14.6. The summed E-state index contributed by atoms with van der Waals surface area (Å²) in [5, 5.41) is 12.2. The highest BCUT2D eigenvalue weighted by Gasteiger charge is 2.14. The lowest BCUT2D eigenvalue weighted by Gasteiger charge is -2.15. The number of para-hydroxylation sites is 1. The van der Waals surface area contributed by atoms with Crippen molar-refractivity contribution in [3.8, 4) is 17.6 Å². The van der Waals surface area contributed by atoms with E-state index in [4.69, 9.17) is 9.47 Å². The van der Waals surface area contributed by atoms with E-state index in [0.717, 1.165) is 17.3 Å². The number of rotatable bonds is 11. The van der Waals surface area contributed by atoms with Crippen LogP contribution < -0.4 is 14.8 Å². The molecule has 5 nitrogen and oxygen atoms in total. The lowest BCUT2D eigenvalue weighted by molar-refractivity contribution is -0.112. The number of nitrogens with zero attached hydrogens (tertiary/aromatic N) is 1. The Kier molecular flexibility index (Phi) is 9.96. The standard InChI is InChI=1S/C24H27BrN2O3/c1-3-5-6-10-13-30-23-21(25)15-18(16-22(23)29-4-2)14-19(17-26)24(28)27-20-11-8-7-9-12-20/h7-9,11-12,14-16H,3-6,10,13H2,1-2H3,(H,27,28)/b19-14+. The minimum absolute atomic E-state index is 0.00133. The van der Waals surface area contributed by atoms with Crippen molar-refractivity contribution in [2.24, 2.45) is 0 Å². The predicted molar refractivity (Wildman–Crippen MR) is 124 cm³/mol. The molecule has 2 aromatic rings. The van der Waals surface area contributed by atoms with Crippen molar-refractivity contribution < 1.29 is 14.3 Å². The van der Waals surface area contributed by atoms with Crippen LogP contribution in [0.5, 0.6) is 11.5 Å². The van der Waals surface area contributed by atoms with Gasteiger partial charge in [-0.2, -0.15) is 5.26 Å². The molecule has 30 heavy (non-hydrogen) atoms. The zero-order valence-corrected chi connectivity index (χ0v) is 19.0. The summed E-state index contributed by atoms with van der Waals surface area (Å²) >= 11 is 3.54. The fraction of sp³-hybridized carbons (Fsp3) is 0.333. The first-order valence-electron chi connectivity index (χ1n) is 10.2. The minimum atomic E-state index is -0.464. The van der Waals surface area contributed by atoms with E-state index in [1.165, 1.54) is 18.9 Å². The molecule has 2 rings (SSSR count). The van der Waals surface area contributed by atoms with Crippen molar-refractivity contribution in [1.29, 1.82) is 5.26 Å². The van der Waals surface area contributed by atoms with Gasteiger partial charge in [0.1, 0.15) is 11.6 Å². The molecule has 1 N–H and O–H groups in total. The van der Waals surface area contributed by atoms with Gasteiger partial charge in [0.2, 0.25) is 0 Å². The number of hydrogen-bond donors (Lipinski definition) is 1. The van der Waals surface area contributed by atoms with Crippen LogP contribution in [0.3, 0.4) is 0 Å². The van der Waals surface area contributed by atoms with Gasteiger partial charge < -0.3 is 14.8 Å². The maximum absolute atomic E-state index is 12.5. The van der Waals surface area contributed by atoms with Gasteiger partial charge in [-0.05, 0) is 65.2 Å². The molecular weight excluding hydrogens is 444 g/mol. The van der Waals surface area contributed by atoms with E-state index in [0.29, 0.717) is 36.0 Å². The zero-order chi connectivity index (χ0) is 21.8. The Morgan fingerprint density at radius 1 is 1.13 bits per heavy atom. The summed E-state index contributed by atoms with van der Waals surface area (Å²) in [6.45, 7) is 5.16. The summed E-state index contributed by atoms with van der Waals surface area (Å²) < 4.78 is 12.4. The van der Waals surface area contributed by atoms with E-state index in [1.807, 2.05) is 37.3 Å². The molecule has 0 aliphatic rings. The molecule has 1 amide bonds. The second-order valence-corrected chi connectivity index (χ2v) is 7.52. The molecule has 0 bridgehead atoms. The van der Waals surface area contributed by atoms with Crippen molar-refractivity contribution in [3.05, 3.63) is 58.1 Å². The molecule has 158 valence electrons. The van der Waals surface area contributed by atoms with Gasteiger partial charge in [0.25, 0.3) is 5.91 Å². The van der Waals surface area contributed by atoms with E-state index in [1.54, 1.807) is 18.2 Å². The molecule has 0 aliphatic heterocycles. The Hall–Kier alpha value is -2.78. The van der Waals surface area contributed by atoms with Gasteiger partial charge in [-0.1, -0.05) is 44.4 Å². The minimum Gasteiger partial charge on any atom is -0.490 e. The quantitative estimate of drug-likeness (QED) is 0.235. The van der Waals surface area contributed by atoms with Crippen LogP contribution >= 0.6 is 15.9 Å². The van der Waals surface area contributed by atoms with Crippen LogP contribution in [0, 0.1) is 11.3 Å². The number of hydrogen-bond acceptors (Lipinski definition) is 4. The van der Waals surface area contributed by atoms with Gasteiger partial charge >= 0.3 is 0 Å². The van der Waals surface area contributed by atoms with E-state index >= 15 is 0 Å². The lowest BCUT2D eigenvalue weighted by atomic mass is 10.1. The molecule has 0 fully saturated rings. The first kappa shape index (κ1) is 23.5. The summed E-state index contributed by atoms with van der Waals surface area (Å²) in [7, 11) is 0. The van der Waals surface area contributed by atoms with Gasteiger partial charge in [0.05, 0.1) is 17.7 Å². The number of carbonyl (C=O) groups excluding carboxylic acids is 1. The number of unbranched alkanes of at least 4 members (excludes halogenated alkanes) is 3. The smallest absolute Gasteiger partial charge is 0.266 e. The molecule has 0 aromatic heterocycles. The van der Waals surface area contributed by atoms with Gasteiger partial charge in [-0.25, -0.2) is 0 Å². The van der Waals surface area contributed by atoms with E-state index in [2.05, 4.69) is 28.2 Å². The monoisotopic (exact) mass is 470 g/mol. The van der Waals surface area contributed by atoms with Crippen LogP contribution in [0.15, 0.2) is 52.5 Å². The highest BCUT2D eigenvalue weighted by atomic mass is 79.9. The largest absolute Gasteiger partial charge is 0.490 e. The summed E-state index contributed by atoms with van der Waals surface area (Å²) in [4.78, 5) is 12.5. The van der Waals surface area contributed by atoms with Gasteiger partial charge in [0.15, 0.2) is 11.5 Å².